The van der Waals surface area contributed by atoms with Gasteiger partial charge in [-0.3, -0.25) is 20.4 Å². The predicted octanol–water partition coefficient (Wildman–Crippen LogP) is 1.93. The van der Waals surface area contributed by atoms with Crippen LogP contribution in [0.5, 0.6) is 0 Å². The molecule has 0 aliphatic rings. The van der Waals surface area contributed by atoms with Gasteiger partial charge in [-0.1, -0.05) is 0 Å². The lowest BCUT2D eigenvalue weighted by atomic mass is 10.2. The van der Waals surface area contributed by atoms with Crippen molar-refractivity contribution in [1.82, 2.24) is 25.6 Å². The van der Waals surface area contributed by atoms with E-state index < -0.39 is 23.4 Å². The first kappa shape index (κ1) is 17.2. The van der Waals surface area contributed by atoms with Gasteiger partial charge < -0.3 is 0 Å². The molecule has 0 saturated heterocycles. The van der Waals surface area contributed by atoms with Crippen molar-refractivity contribution in [1.29, 1.82) is 0 Å². The molecule has 0 bridgehead atoms. The molecule has 7 nitrogen and oxygen atoms in total. The number of halogens is 2. The standard InChI is InChI=1S/C17H13F2N5O2/c1-10-20-15(23-24(10)14-8-6-13(19)7-9-14)17(26)22-21-16(25)11-2-4-12(18)5-3-11/h2-9H,1H3,(H,21,25)(H,22,26). The zero-order valence-corrected chi connectivity index (χ0v) is 13.5. The number of benzene rings is 2. The zero-order chi connectivity index (χ0) is 18.7. The third-order valence-electron chi connectivity index (χ3n) is 3.44. The molecule has 1 heterocycles. The molecule has 0 unspecified atom stereocenters. The number of amides is 2. The van der Waals surface area contributed by atoms with E-state index in [9.17, 15) is 18.4 Å². The fraction of sp³-hybridized carbons (Fsp3) is 0.0588. The number of nitrogens with zero attached hydrogens (tertiary/aromatic N) is 3. The number of nitrogens with one attached hydrogen (secondary N) is 2. The normalized spacial score (nSPS) is 10.4. The molecule has 0 fully saturated rings. The summed E-state index contributed by atoms with van der Waals surface area (Å²) in [4.78, 5) is 28.0. The average Bonchev–Trinajstić information content (AvgIpc) is 3.02. The van der Waals surface area contributed by atoms with Gasteiger partial charge in [0.05, 0.1) is 5.69 Å². The Hall–Kier alpha value is -3.62. The lowest BCUT2D eigenvalue weighted by Gasteiger charge is -2.05. The Labute approximate surface area is 146 Å². The molecule has 0 atom stereocenters. The van der Waals surface area contributed by atoms with Gasteiger partial charge in [0.15, 0.2) is 0 Å². The van der Waals surface area contributed by atoms with E-state index in [1.54, 1.807) is 6.92 Å². The molecule has 2 N–H and O–H groups in total. The molecule has 26 heavy (non-hydrogen) atoms. The van der Waals surface area contributed by atoms with Gasteiger partial charge in [-0.25, -0.2) is 18.4 Å². The molecule has 132 valence electrons. The Bertz CT molecular complexity index is 952. The van der Waals surface area contributed by atoms with Crippen LogP contribution in [0.15, 0.2) is 48.5 Å². The Morgan fingerprint density at radius 1 is 0.885 bits per heavy atom. The Morgan fingerprint density at radius 3 is 2.04 bits per heavy atom. The molecule has 0 saturated carbocycles. The molecule has 0 radical (unpaired) electrons. The number of carbonyl (C=O) groups excluding carboxylic acids is 2. The maximum Gasteiger partial charge on any atom is 0.309 e. The SMILES string of the molecule is Cc1nc(C(=O)NNC(=O)c2ccc(F)cc2)nn1-c1ccc(F)cc1. The quantitative estimate of drug-likeness (QED) is 0.701. The first-order chi connectivity index (χ1) is 12.4. The van der Waals surface area contributed by atoms with Crippen LogP contribution in [0.1, 0.15) is 26.8 Å². The molecule has 2 aromatic carbocycles. The highest BCUT2D eigenvalue weighted by Crippen LogP contribution is 2.10. The highest BCUT2D eigenvalue weighted by atomic mass is 19.1. The third kappa shape index (κ3) is 3.72. The van der Waals surface area contributed by atoms with Crippen LogP contribution in [0.3, 0.4) is 0 Å². The van der Waals surface area contributed by atoms with Crippen molar-refractivity contribution in [3.8, 4) is 5.69 Å². The highest BCUT2D eigenvalue weighted by Gasteiger charge is 2.16. The van der Waals surface area contributed by atoms with E-state index in [-0.39, 0.29) is 11.4 Å². The molecular weight excluding hydrogens is 344 g/mol. The van der Waals surface area contributed by atoms with Crippen LogP contribution in [-0.4, -0.2) is 26.6 Å². The van der Waals surface area contributed by atoms with Gasteiger partial charge >= 0.3 is 5.91 Å². The van der Waals surface area contributed by atoms with Crippen molar-refractivity contribution in [2.24, 2.45) is 0 Å². The minimum absolute atomic E-state index is 0.174. The molecule has 0 aliphatic heterocycles. The van der Waals surface area contributed by atoms with Crippen LogP contribution in [0.25, 0.3) is 5.69 Å². The molecule has 3 rings (SSSR count). The number of aromatic nitrogens is 3. The predicted molar refractivity (Wildman–Crippen MR) is 87.4 cm³/mol. The first-order valence-electron chi connectivity index (χ1n) is 7.50. The van der Waals surface area contributed by atoms with Crippen LogP contribution in [0, 0.1) is 18.6 Å². The topological polar surface area (TPSA) is 88.9 Å². The summed E-state index contributed by atoms with van der Waals surface area (Å²) in [6, 6.07) is 10.3. The molecule has 9 heteroatoms. The van der Waals surface area contributed by atoms with Gasteiger partial charge in [-0.15, -0.1) is 5.10 Å². The van der Waals surface area contributed by atoms with Crippen molar-refractivity contribution in [3.05, 3.63) is 77.4 Å². The number of carbonyl (C=O) groups is 2. The van der Waals surface area contributed by atoms with E-state index in [1.807, 2.05) is 0 Å². The minimum atomic E-state index is -0.732. The third-order valence-corrected chi connectivity index (χ3v) is 3.44. The monoisotopic (exact) mass is 357 g/mol. The van der Waals surface area contributed by atoms with Crippen molar-refractivity contribution in [2.75, 3.05) is 0 Å². The number of hydrogen-bond acceptors (Lipinski definition) is 4. The van der Waals surface area contributed by atoms with Crippen molar-refractivity contribution >= 4 is 11.8 Å². The highest BCUT2D eigenvalue weighted by molar-refractivity contribution is 5.97. The van der Waals surface area contributed by atoms with Gasteiger partial charge in [0.1, 0.15) is 17.5 Å². The summed E-state index contributed by atoms with van der Waals surface area (Å²) in [5, 5.41) is 4.04. The lowest BCUT2D eigenvalue weighted by molar-refractivity contribution is 0.0841. The summed E-state index contributed by atoms with van der Waals surface area (Å²) in [7, 11) is 0. The van der Waals surface area contributed by atoms with Gasteiger partial charge in [0, 0.05) is 5.56 Å². The molecular formula is C17H13F2N5O2. The average molecular weight is 357 g/mol. The summed E-state index contributed by atoms with van der Waals surface area (Å²) in [6.45, 7) is 1.63. The van der Waals surface area contributed by atoms with Gasteiger partial charge in [-0.05, 0) is 55.5 Å². The fourth-order valence-corrected chi connectivity index (χ4v) is 2.16. The molecule has 1 aromatic heterocycles. The summed E-state index contributed by atoms with van der Waals surface area (Å²) < 4.78 is 27.2. The molecule has 3 aromatic rings. The fourth-order valence-electron chi connectivity index (χ4n) is 2.16. The maximum atomic E-state index is 13.0. The Balaban J connectivity index is 1.68. The summed E-state index contributed by atoms with van der Waals surface area (Å²) >= 11 is 0. The smallest absolute Gasteiger partial charge is 0.267 e. The van der Waals surface area contributed by atoms with Gasteiger partial charge in [0.2, 0.25) is 5.82 Å². The van der Waals surface area contributed by atoms with Crippen LogP contribution < -0.4 is 10.9 Å². The number of aryl methyl sites for hydroxylation is 1. The van der Waals surface area contributed by atoms with E-state index in [0.29, 0.717) is 11.5 Å². The van der Waals surface area contributed by atoms with Crippen LogP contribution in [-0.2, 0) is 0 Å². The number of rotatable bonds is 3. The van der Waals surface area contributed by atoms with Gasteiger partial charge in [0.25, 0.3) is 5.91 Å². The van der Waals surface area contributed by atoms with Crippen molar-refractivity contribution in [3.63, 3.8) is 0 Å². The maximum absolute atomic E-state index is 13.0. The number of hydrogen-bond donors (Lipinski definition) is 2. The van der Waals surface area contributed by atoms with Gasteiger partial charge in [-0.2, -0.15) is 0 Å². The largest absolute Gasteiger partial charge is 0.309 e. The van der Waals surface area contributed by atoms with Crippen LogP contribution >= 0.6 is 0 Å². The Morgan fingerprint density at radius 2 is 1.42 bits per heavy atom. The van der Waals surface area contributed by atoms with Crippen LogP contribution in [0.2, 0.25) is 0 Å². The second-order valence-corrected chi connectivity index (χ2v) is 5.29. The minimum Gasteiger partial charge on any atom is -0.267 e. The van der Waals surface area contributed by atoms with E-state index >= 15 is 0 Å². The molecule has 0 aliphatic carbocycles. The number of hydrazine groups is 1. The summed E-state index contributed by atoms with van der Waals surface area (Å²) in [6.07, 6.45) is 0. The van der Waals surface area contributed by atoms with E-state index in [0.717, 1.165) is 12.1 Å². The second-order valence-electron chi connectivity index (χ2n) is 5.29. The van der Waals surface area contributed by atoms with Crippen LogP contribution in [0.4, 0.5) is 8.78 Å². The first-order valence-corrected chi connectivity index (χ1v) is 7.50. The van der Waals surface area contributed by atoms with Crippen molar-refractivity contribution in [2.45, 2.75) is 6.92 Å². The Kier molecular flexibility index (Phi) is 4.70. The van der Waals surface area contributed by atoms with E-state index in [4.69, 9.17) is 0 Å². The molecule has 2 amide bonds. The second kappa shape index (κ2) is 7.09. The lowest BCUT2D eigenvalue weighted by Crippen LogP contribution is -2.42. The summed E-state index contributed by atoms with van der Waals surface area (Å²) in [5.74, 6) is -1.99. The zero-order valence-electron chi connectivity index (χ0n) is 13.5. The van der Waals surface area contributed by atoms with E-state index in [2.05, 4.69) is 20.9 Å². The summed E-state index contributed by atoms with van der Waals surface area (Å²) in [5.41, 5.74) is 5.08. The van der Waals surface area contributed by atoms with Crippen molar-refractivity contribution < 1.29 is 18.4 Å². The molecule has 0 spiro atoms. The van der Waals surface area contributed by atoms with E-state index in [1.165, 1.54) is 41.1 Å².